The summed E-state index contributed by atoms with van der Waals surface area (Å²) in [5.74, 6) is 0.392. The summed E-state index contributed by atoms with van der Waals surface area (Å²) < 4.78 is 0. The summed E-state index contributed by atoms with van der Waals surface area (Å²) in [7, 11) is 2.01. The summed E-state index contributed by atoms with van der Waals surface area (Å²) in [4.78, 5) is 0. The first-order valence-electron chi connectivity index (χ1n) is 7.41. The van der Waals surface area contributed by atoms with Crippen molar-refractivity contribution in [1.82, 2.24) is 5.32 Å². The van der Waals surface area contributed by atoms with Crippen LogP contribution in [0.5, 0.6) is 0 Å². The standard InChI is InChI=1S/C16H15Cl2N.C2H6.ClH/c1-19-16-9-13(11-4-2-3-5-12(11)16)10-6-7-14(17)15(18)8-10;1-2;/h2-8,13,16,19H,9H2,1H3;1-2H3;1H/t13-,16+;;/m0../s1. The van der Waals surface area contributed by atoms with E-state index in [1.54, 1.807) is 0 Å². The van der Waals surface area contributed by atoms with Gasteiger partial charge >= 0.3 is 0 Å². The van der Waals surface area contributed by atoms with Crippen molar-refractivity contribution in [3.05, 3.63) is 69.2 Å². The van der Waals surface area contributed by atoms with Gasteiger partial charge in [0.25, 0.3) is 0 Å². The molecule has 3 rings (SSSR count). The molecule has 0 spiro atoms. The molecule has 0 saturated heterocycles. The molecule has 1 N–H and O–H groups in total. The normalized spacial score (nSPS) is 18.8. The molecule has 0 aliphatic heterocycles. The number of nitrogens with one attached hydrogen (secondary N) is 1. The van der Waals surface area contributed by atoms with Gasteiger partial charge in [-0.2, -0.15) is 0 Å². The lowest BCUT2D eigenvalue weighted by Crippen LogP contribution is -2.13. The molecule has 1 nitrogen and oxygen atoms in total. The van der Waals surface area contributed by atoms with Crippen molar-refractivity contribution >= 4 is 35.6 Å². The minimum atomic E-state index is 0. The predicted molar refractivity (Wildman–Crippen MR) is 99.8 cm³/mol. The van der Waals surface area contributed by atoms with E-state index in [0.717, 1.165) is 6.42 Å². The van der Waals surface area contributed by atoms with E-state index >= 15 is 0 Å². The van der Waals surface area contributed by atoms with Crippen LogP contribution in [0.1, 0.15) is 48.9 Å². The lowest BCUT2D eigenvalue weighted by Gasteiger charge is -2.13. The molecule has 0 fully saturated rings. The molecule has 4 heteroatoms. The summed E-state index contributed by atoms with van der Waals surface area (Å²) in [6.45, 7) is 4.00. The van der Waals surface area contributed by atoms with Crippen LogP contribution < -0.4 is 5.32 Å². The fourth-order valence-electron chi connectivity index (χ4n) is 2.95. The predicted octanol–water partition coefficient (Wildman–Crippen LogP) is 6.24. The molecule has 120 valence electrons. The largest absolute Gasteiger partial charge is 0.313 e. The number of fused-ring (bicyclic) bond motifs is 1. The Labute approximate surface area is 149 Å². The van der Waals surface area contributed by atoms with Gasteiger partial charge in [-0.25, -0.2) is 0 Å². The SMILES string of the molecule is CC.CN[C@@H]1C[C@@H](c2ccc(Cl)c(Cl)c2)c2ccccc21.Cl. The number of rotatable bonds is 2. The maximum Gasteiger partial charge on any atom is 0.0595 e. The van der Waals surface area contributed by atoms with E-state index in [9.17, 15) is 0 Å². The molecule has 0 radical (unpaired) electrons. The molecule has 0 saturated carbocycles. The van der Waals surface area contributed by atoms with Crippen molar-refractivity contribution in [1.29, 1.82) is 0 Å². The van der Waals surface area contributed by atoms with Crippen LogP contribution in [-0.4, -0.2) is 7.05 Å². The summed E-state index contributed by atoms with van der Waals surface area (Å²) in [5.41, 5.74) is 4.01. The lowest BCUT2D eigenvalue weighted by atomic mass is 9.93. The average molecular weight is 359 g/mol. The highest BCUT2D eigenvalue weighted by Crippen LogP contribution is 2.44. The van der Waals surface area contributed by atoms with Crippen LogP contribution in [0.3, 0.4) is 0 Å². The van der Waals surface area contributed by atoms with Crippen LogP contribution >= 0.6 is 35.6 Å². The average Bonchev–Trinajstić information content (AvgIpc) is 2.91. The fraction of sp³-hybridized carbons (Fsp3) is 0.333. The Bertz CT molecular complexity index is 613. The molecule has 2 atom stereocenters. The summed E-state index contributed by atoms with van der Waals surface area (Å²) in [6.07, 6.45) is 1.06. The first-order valence-corrected chi connectivity index (χ1v) is 8.17. The second-order valence-corrected chi connectivity index (χ2v) is 5.75. The van der Waals surface area contributed by atoms with Gasteiger partial charge in [0.1, 0.15) is 0 Å². The topological polar surface area (TPSA) is 12.0 Å². The van der Waals surface area contributed by atoms with Gasteiger partial charge in [-0.15, -0.1) is 12.4 Å². The maximum absolute atomic E-state index is 6.14. The number of hydrogen-bond donors (Lipinski definition) is 1. The Kier molecular flexibility index (Phi) is 7.71. The van der Waals surface area contributed by atoms with E-state index in [1.165, 1.54) is 16.7 Å². The Hall–Kier alpha value is -0.730. The molecule has 0 aromatic heterocycles. The van der Waals surface area contributed by atoms with E-state index in [2.05, 4.69) is 35.6 Å². The minimum absolute atomic E-state index is 0. The van der Waals surface area contributed by atoms with E-state index in [0.29, 0.717) is 22.0 Å². The van der Waals surface area contributed by atoms with Crippen molar-refractivity contribution in [3.63, 3.8) is 0 Å². The van der Waals surface area contributed by atoms with Crippen molar-refractivity contribution in [2.24, 2.45) is 0 Å². The Morgan fingerprint density at radius 2 is 1.59 bits per heavy atom. The highest BCUT2D eigenvalue weighted by Gasteiger charge is 2.30. The first kappa shape index (κ1) is 19.3. The van der Waals surface area contributed by atoms with E-state index in [1.807, 2.05) is 33.0 Å². The number of benzene rings is 2. The van der Waals surface area contributed by atoms with Gasteiger partial charge in [-0.1, -0.05) is 67.4 Å². The minimum Gasteiger partial charge on any atom is -0.313 e. The van der Waals surface area contributed by atoms with Gasteiger partial charge < -0.3 is 5.32 Å². The van der Waals surface area contributed by atoms with Crippen molar-refractivity contribution in [2.45, 2.75) is 32.2 Å². The molecule has 0 bridgehead atoms. The summed E-state index contributed by atoms with van der Waals surface area (Å²) in [6, 6.07) is 15.0. The summed E-state index contributed by atoms with van der Waals surface area (Å²) >= 11 is 12.1. The van der Waals surface area contributed by atoms with E-state index < -0.39 is 0 Å². The Balaban J connectivity index is 0.000000775. The smallest absolute Gasteiger partial charge is 0.0595 e. The molecule has 2 aromatic rings. The zero-order chi connectivity index (χ0) is 15.4. The van der Waals surface area contributed by atoms with Crippen molar-refractivity contribution < 1.29 is 0 Å². The third-order valence-electron chi connectivity index (χ3n) is 3.91. The second kappa shape index (κ2) is 8.79. The highest BCUT2D eigenvalue weighted by atomic mass is 35.5. The first-order chi connectivity index (χ1) is 10.2. The summed E-state index contributed by atoms with van der Waals surface area (Å²) in [5, 5.41) is 4.63. The monoisotopic (exact) mass is 357 g/mol. The quantitative estimate of drug-likeness (QED) is 0.670. The second-order valence-electron chi connectivity index (χ2n) is 4.93. The van der Waals surface area contributed by atoms with Gasteiger partial charge in [-0.05, 0) is 42.3 Å². The van der Waals surface area contributed by atoms with Crippen LogP contribution in [0.15, 0.2) is 42.5 Å². The van der Waals surface area contributed by atoms with E-state index in [-0.39, 0.29) is 12.4 Å². The third kappa shape index (κ3) is 3.78. The van der Waals surface area contributed by atoms with Gasteiger partial charge in [0.2, 0.25) is 0 Å². The molecular formula is C18H22Cl3N. The van der Waals surface area contributed by atoms with Gasteiger partial charge in [0.05, 0.1) is 10.0 Å². The molecular weight excluding hydrogens is 337 g/mol. The Morgan fingerprint density at radius 1 is 0.955 bits per heavy atom. The molecule has 1 aliphatic carbocycles. The van der Waals surface area contributed by atoms with Crippen LogP contribution in [0.25, 0.3) is 0 Å². The zero-order valence-electron chi connectivity index (χ0n) is 13.1. The number of halogens is 3. The fourth-order valence-corrected chi connectivity index (χ4v) is 3.26. The van der Waals surface area contributed by atoms with E-state index in [4.69, 9.17) is 23.2 Å². The van der Waals surface area contributed by atoms with Crippen LogP contribution in [0.2, 0.25) is 10.0 Å². The van der Waals surface area contributed by atoms with Gasteiger partial charge in [-0.3, -0.25) is 0 Å². The molecule has 0 amide bonds. The molecule has 1 aliphatic rings. The molecule has 22 heavy (non-hydrogen) atoms. The van der Waals surface area contributed by atoms with Crippen molar-refractivity contribution in [3.8, 4) is 0 Å². The van der Waals surface area contributed by atoms with Gasteiger partial charge in [0, 0.05) is 12.0 Å². The molecule has 0 unspecified atom stereocenters. The highest BCUT2D eigenvalue weighted by molar-refractivity contribution is 6.42. The number of hydrogen-bond acceptors (Lipinski definition) is 1. The lowest BCUT2D eigenvalue weighted by molar-refractivity contribution is 0.564. The third-order valence-corrected chi connectivity index (χ3v) is 4.65. The van der Waals surface area contributed by atoms with Crippen LogP contribution in [0.4, 0.5) is 0 Å². The van der Waals surface area contributed by atoms with Crippen LogP contribution in [-0.2, 0) is 0 Å². The van der Waals surface area contributed by atoms with Crippen molar-refractivity contribution in [2.75, 3.05) is 7.05 Å². The Morgan fingerprint density at radius 3 is 2.18 bits per heavy atom. The zero-order valence-corrected chi connectivity index (χ0v) is 15.4. The maximum atomic E-state index is 6.14. The van der Waals surface area contributed by atoms with Crippen LogP contribution in [0, 0.1) is 0 Å². The molecule has 0 heterocycles. The molecule has 2 aromatic carbocycles. The van der Waals surface area contributed by atoms with Gasteiger partial charge in [0.15, 0.2) is 0 Å².